The van der Waals surface area contributed by atoms with E-state index in [-0.39, 0.29) is 23.7 Å². The molecule has 0 saturated carbocycles. The predicted octanol–water partition coefficient (Wildman–Crippen LogP) is 4.25. The summed E-state index contributed by atoms with van der Waals surface area (Å²) >= 11 is 0. The summed E-state index contributed by atoms with van der Waals surface area (Å²) in [5.41, 5.74) is 1.87. The van der Waals surface area contributed by atoms with Gasteiger partial charge in [0.15, 0.2) is 0 Å². The van der Waals surface area contributed by atoms with Gasteiger partial charge in [-0.15, -0.1) is 0 Å². The molecule has 0 radical (unpaired) electrons. The van der Waals surface area contributed by atoms with Crippen LogP contribution in [0.1, 0.15) is 31.0 Å². The minimum absolute atomic E-state index is 0.0502. The van der Waals surface area contributed by atoms with Crippen LogP contribution in [0.25, 0.3) is 0 Å². The lowest BCUT2D eigenvalue weighted by Crippen LogP contribution is -2.30. The summed E-state index contributed by atoms with van der Waals surface area (Å²) in [6, 6.07) is 13.4. The molecule has 2 aromatic carbocycles. The highest BCUT2D eigenvalue weighted by Gasteiger charge is 2.10. The van der Waals surface area contributed by atoms with E-state index in [1.54, 1.807) is 18.2 Å². The van der Waals surface area contributed by atoms with Crippen LogP contribution in [0.3, 0.4) is 0 Å². The maximum atomic E-state index is 13.2. The Morgan fingerprint density at radius 1 is 0.950 bits per heavy atom. The molecule has 2 atom stereocenters. The van der Waals surface area contributed by atoms with E-state index in [0.717, 1.165) is 17.5 Å². The molecule has 0 aliphatic carbocycles. The third kappa shape index (κ3) is 4.14. The largest absolute Gasteiger partial charge is 0.307 e. The first-order valence-electron chi connectivity index (χ1n) is 6.80. The third-order valence-electron chi connectivity index (χ3n) is 3.31. The number of halogens is 2. The molecule has 1 nitrogen and oxygen atoms in total. The molecule has 20 heavy (non-hydrogen) atoms. The van der Waals surface area contributed by atoms with E-state index in [4.69, 9.17) is 0 Å². The lowest BCUT2D eigenvalue weighted by molar-refractivity contribution is 0.474. The van der Waals surface area contributed by atoms with Gasteiger partial charge in [-0.3, -0.25) is 0 Å². The van der Waals surface area contributed by atoms with Gasteiger partial charge in [0.2, 0.25) is 0 Å². The highest BCUT2D eigenvalue weighted by molar-refractivity contribution is 5.20. The lowest BCUT2D eigenvalue weighted by Gasteiger charge is -2.20. The molecular formula is C17H19F2N. The second-order valence-electron chi connectivity index (χ2n) is 5.18. The molecule has 0 spiro atoms. The summed E-state index contributed by atoms with van der Waals surface area (Å²) in [5, 5.41) is 3.40. The molecular weight excluding hydrogens is 256 g/mol. The van der Waals surface area contributed by atoms with Crippen molar-refractivity contribution in [3.63, 3.8) is 0 Å². The molecule has 2 aromatic rings. The van der Waals surface area contributed by atoms with Gasteiger partial charge in [-0.25, -0.2) is 8.78 Å². The molecule has 1 unspecified atom stereocenters. The number of benzene rings is 2. The fraction of sp³-hybridized carbons (Fsp3) is 0.294. The zero-order chi connectivity index (χ0) is 14.5. The topological polar surface area (TPSA) is 12.0 Å². The number of rotatable bonds is 5. The van der Waals surface area contributed by atoms with E-state index in [2.05, 4.69) is 5.32 Å². The molecule has 0 saturated heterocycles. The summed E-state index contributed by atoms with van der Waals surface area (Å²) in [7, 11) is 0. The fourth-order valence-electron chi connectivity index (χ4n) is 2.38. The second kappa shape index (κ2) is 6.62. The van der Waals surface area contributed by atoms with Crippen molar-refractivity contribution in [2.75, 3.05) is 0 Å². The molecule has 0 fully saturated rings. The molecule has 1 N–H and O–H groups in total. The molecule has 0 aromatic heterocycles. The maximum absolute atomic E-state index is 13.2. The maximum Gasteiger partial charge on any atom is 0.123 e. The van der Waals surface area contributed by atoms with Crippen molar-refractivity contribution in [2.45, 2.75) is 32.4 Å². The van der Waals surface area contributed by atoms with E-state index in [9.17, 15) is 8.78 Å². The van der Waals surface area contributed by atoms with Crippen molar-refractivity contribution < 1.29 is 8.78 Å². The zero-order valence-corrected chi connectivity index (χ0v) is 11.7. The van der Waals surface area contributed by atoms with Gasteiger partial charge in [-0.05, 0) is 55.7 Å². The molecule has 0 aliphatic rings. The number of hydrogen-bond acceptors (Lipinski definition) is 1. The standard InChI is InChI=1S/C17H19F2N/c1-12(9-14-5-3-7-16(18)10-14)20-13(2)15-6-4-8-17(19)11-15/h3-8,10-13,20H,9H2,1-2H3/t12?,13-/m0/s1. The van der Waals surface area contributed by atoms with Crippen molar-refractivity contribution in [1.29, 1.82) is 0 Å². The fourth-order valence-corrected chi connectivity index (χ4v) is 2.38. The highest BCUT2D eigenvalue weighted by atomic mass is 19.1. The quantitative estimate of drug-likeness (QED) is 0.860. The average Bonchev–Trinajstić information content (AvgIpc) is 2.38. The van der Waals surface area contributed by atoms with Crippen LogP contribution >= 0.6 is 0 Å². The van der Waals surface area contributed by atoms with Crippen molar-refractivity contribution in [3.8, 4) is 0 Å². The van der Waals surface area contributed by atoms with Crippen LogP contribution in [0.5, 0.6) is 0 Å². The number of nitrogens with one attached hydrogen (secondary N) is 1. The first kappa shape index (κ1) is 14.7. The Morgan fingerprint density at radius 2 is 1.60 bits per heavy atom. The molecule has 3 heteroatoms. The van der Waals surface area contributed by atoms with Gasteiger partial charge in [0.05, 0.1) is 0 Å². The molecule has 0 bridgehead atoms. The van der Waals surface area contributed by atoms with Crippen LogP contribution in [0.2, 0.25) is 0 Å². The summed E-state index contributed by atoms with van der Waals surface area (Å²) < 4.78 is 26.3. The summed E-state index contributed by atoms with van der Waals surface area (Å²) in [4.78, 5) is 0. The van der Waals surface area contributed by atoms with E-state index < -0.39 is 0 Å². The van der Waals surface area contributed by atoms with Gasteiger partial charge < -0.3 is 5.32 Å². The summed E-state index contributed by atoms with van der Waals surface area (Å²) in [6.45, 7) is 4.04. The van der Waals surface area contributed by atoms with E-state index in [1.807, 2.05) is 26.0 Å². The van der Waals surface area contributed by atoms with Crippen molar-refractivity contribution in [1.82, 2.24) is 5.32 Å². The third-order valence-corrected chi connectivity index (χ3v) is 3.31. The van der Waals surface area contributed by atoms with Gasteiger partial charge in [0.25, 0.3) is 0 Å². The predicted molar refractivity (Wildman–Crippen MR) is 77.5 cm³/mol. The van der Waals surface area contributed by atoms with Gasteiger partial charge in [-0.2, -0.15) is 0 Å². The van der Waals surface area contributed by atoms with Gasteiger partial charge in [-0.1, -0.05) is 24.3 Å². The minimum Gasteiger partial charge on any atom is -0.307 e. The first-order chi connectivity index (χ1) is 9.54. The second-order valence-corrected chi connectivity index (χ2v) is 5.18. The Labute approximate surface area is 118 Å². The Balaban J connectivity index is 1.95. The van der Waals surface area contributed by atoms with Gasteiger partial charge >= 0.3 is 0 Å². The van der Waals surface area contributed by atoms with E-state index >= 15 is 0 Å². The number of hydrogen-bond donors (Lipinski definition) is 1. The van der Waals surface area contributed by atoms with Crippen LogP contribution in [0, 0.1) is 11.6 Å². The summed E-state index contributed by atoms with van der Waals surface area (Å²) in [5.74, 6) is -0.443. The van der Waals surface area contributed by atoms with Crippen LogP contribution in [-0.2, 0) is 6.42 Å². The van der Waals surface area contributed by atoms with Crippen LogP contribution < -0.4 is 5.32 Å². The molecule has 2 rings (SSSR count). The van der Waals surface area contributed by atoms with Crippen molar-refractivity contribution >= 4 is 0 Å². The minimum atomic E-state index is -0.228. The Morgan fingerprint density at radius 3 is 2.25 bits per heavy atom. The Kier molecular flexibility index (Phi) is 4.85. The first-order valence-corrected chi connectivity index (χ1v) is 6.80. The Bertz CT molecular complexity index is 568. The Hall–Kier alpha value is -1.74. The normalized spacial score (nSPS) is 14.0. The SMILES string of the molecule is CC(Cc1cccc(F)c1)N[C@@H](C)c1cccc(F)c1. The molecule has 0 heterocycles. The monoisotopic (exact) mass is 275 g/mol. The zero-order valence-electron chi connectivity index (χ0n) is 11.7. The summed E-state index contributed by atoms with van der Waals surface area (Å²) in [6.07, 6.45) is 0.734. The highest BCUT2D eigenvalue weighted by Crippen LogP contribution is 2.15. The molecule has 0 aliphatic heterocycles. The molecule has 106 valence electrons. The van der Waals surface area contributed by atoms with E-state index in [1.165, 1.54) is 18.2 Å². The lowest BCUT2D eigenvalue weighted by atomic mass is 10.0. The van der Waals surface area contributed by atoms with Crippen LogP contribution in [-0.4, -0.2) is 6.04 Å². The van der Waals surface area contributed by atoms with Crippen LogP contribution in [0.4, 0.5) is 8.78 Å². The van der Waals surface area contributed by atoms with Crippen molar-refractivity contribution in [2.24, 2.45) is 0 Å². The average molecular weight is 275 g/mol. The van der Waals surface area contributed by atoms with Gasteiger partial charge in [0.1, 0.15) is 11.6 Å². The smallest absolute Gasteiger partial charge is 0.123 e. The van der Waals surface area contributed by atoms with Crippen LogP contribution in [0.15, 0.2) is 48.5 Å². The van der Waals surface area contributed by atoms with Gasteiger partial charge in [0, 0.05) is 12.1 Å². The van der Waals surface area contributed by atoms with E-state index in [0.29, 0.717) is 0 Å². The van der Waals surface area contributed by atoms with Crippen molar-refractivity contribution in [3.05, 3.63) is 71.3 Å². The molecule has 0 amide bonds.